The Morgan fingerprint density at radius 3 is 2.40 bits per heavy atom. The standard InChI is InChI=1S/C17H26N2O/c1-3-13(2)14-6-8-15(9-7-14)19-16(20)17(12-18)10-4-5-11-17/h6-9,13H,3-5,10-12,18H2,1-2H3,(H,19,20). The highest BCUT2D eigenvalue weighted by molar-refractivity contribution is 5.95. The first-order valence-electron chi connectivity index (χ1n) is 7.73. The van der Waals surface area contributed by atoms with Crippen LogP contribution in [0.25, 0.3) is 0 Å². The molecule has 0 bridgehead atoms. The van der Waals surface area contributed by atoms with Gasteiger partial charge in [0, 0.05) is 12.2 Å². The number of nitrogens with two attached hydrogens (primary N) is 1. The zero-order chi connectivity index (χ0) is 14.6. The molecule has 0 aliphatic heterocycles. The van der Waals surface area contributed by atoms with Crippen LogP contribution in [0, 0.1) is 5.41 Å². The van der Waals surface area contributed by atoms with Crippen LogP contribution in [0.4, 0.5) is 5.69 Å². The quantitative estimate of drug-likeness (QED) is 0.861. The van der Waals surface area contributed by atoms with Crippen LogP contribution in [0.3, 0.4) is 0 Å². The van der Waals surface area contributed by atoms with Gasteiger partial charge in [0.2, 0.25) is 5.91 Å². The molecular formula is C17H26N2O. The van der Waals surface area contributed by atoms with Crippen molar-refractivity contribution in [1.82, 2.24) is 0 Å². The van der Waals surface area contributed by atoms with Crippen molar-refractivity contribution in [1.29, 1.82) is 0 Å². The predicted octanol–water partition coefficient (Wildman–Crippen LogP) is 3.66. The Hall–Kier alpha value is -1.35. The summed E-state index contributed by atoms with van der Waals surface area (Å²) in [5, 5.41) is 3.04. The van der Waals surface area contributed by atoms with Crippen LogP contribution in [-0.2, 0) is 4.79 Å². The molecule has 20 heavy (non-hydrogen) atoms. The first kappa shape index (κ1) is 15.0. The van der Waals surface area contributed by atoms with Crippen LogP contribution in [0.15, 0.2) is 24.3 Å². The van der Waals surface area contributed by atoms with Gasteiger partial charge in [-0.3, -0.25) is 4.79 Å². The third-order valence-corrected chi connectivity index (χ3v) is 4.78. The molecule has 0 aromatic heterocycles. The monoisotopic (exact) mass is 274 g/mol. The molecule has 1 aliphatic rings. The van der Waals surface area contributed by atoms with Gasteiger partial charge < -0.3 is 11.1 Å². The van der Waals surface area contributed by atoms with E-state index in [9.17, 15) is 4.79 Å². The molecule has 0 heterocycles. The lowest BCUT2D eigenvalue weighted by atomic mass is 9.85. The molecule has 1 unspecified atom stereocenters. The van der Waals surface area contributed by atoms with E-state index in [1.807, 2.05) is 12.1 Å². The number of rotatable bonds is 5. The summed E-state index contributed by atoms with van der Waals surface area (Å²) >= 11 is 0. The summed E-state index contributed by atoms with van der Waals surface area (Å²) in [6.07, 6.45) is 5.18. The molecule has 3 N–H and O–H groups in total. The number of carbonyl (C=O) groups excluding carboxylic acids is 1. The molecule has 0 saturated heterocycles. The average Bonchev–Trinajstić information content (AvgIpc) is 2.97. The highest BCUT2D eigenvalue weighted by atomic mass is 16.2. The van der Waals surface area contributed by atoms with Gasteiger partial charge >= 0.3 is 0 Å². The van der Waals surface area contributed by atoms with Crippen LogP contribution >= 0.6 is 0 Å². The largest absolute Gasteiger partial charge is 0.329 e. The lowest BCUT2D eigenvalue weighted by molar-refractivity contribution is -0.124. The normalized spacial score (nSPS) is 18.8. The Morgan fingerprint density at radius 2 is 1.90 bits per heavy atom. The lowest BCUT2D eigenvalue weighted by Crippen LogP contribution is -2.40. The highest BCUT2D eigenvalue weighted by Crippen LogP contribution is 2.38. The van der Waals surface area contributed by atoms with Crippen molar-refractivity contribution in [2.45, 2.75) is 51.9 Å². The fourth-order valence-corrected chi connectivity index (χ4v) is 2.97. The van der Waals surface area contributed by atoms with Gasteiger partial charge in [0.25, 0.3) is 0 Å². The molecule has 1 aliphatic carbocycles. The number of benzene rings is 1. The van der Waals surface area contributed by atoms with Gasteiger partial charge in [-0.25, -0.2) is 0 Å². The molecule has 1 aromatic carbocycles. The summed E-state index contributed by atoms with van der Waals surface area (Å²) in [7, 11) is 0. The summed E-state index contributed by atoms with van der Waals surface area (Å²) in [4.78, 5) is 12.5. The molecule has 3 nitrogen and oxygen atoms in total. The van der Waals surface area contributed by atoms with E-state index in [-0.39, 0.29) is 11.3 Å². The van der Waals surface area contributed by atoms with Crippen molar-refractivity contribution in [3.8, 4) is 0 Å². The van der Waals surface area contributed by atoms with E-state index in [4.69, 9.17) is 5.73 Å². The Labute approximate surface area is 121 Å². The summed E-state index contributed by atoms with van der Waals surface area (Å²) in [5.41, 5.74) is 7.70. The molecule has 0 spiro atoms. The smallest absolute Gasteiger partial charge is 0.231 e. The van der Waals surface area contributed by atoms with Crippen LogP contribution in [0.5, 0.6) is 0 Å². The number of nitrogens with one attached hydrogen (secondary N) is 1. The minimum atomic E-state index is -0.338. The van der Waals surface area contributed by atoms with Crippen molar-refractivity contribution in [2.75, 3.05) is 11.9 Å². The minimum absolute atomic E-state index is 0.0915. The number of anilines is 1. The summed E-state index contributed by atoms with van der Waals surface area (Å²) in [5.74, 6) is 0.652. The number of carbonyl (C=O) groups is 1. The topological polar surface area (TPSA) is 55.1 Å². The zero-order valence-corrected chi connectivity index (χ0v) is 12.6. The van der Waals surface area contributed by atoms with E-state index in [1.54, 1.807) is 0 Å². The van der Waals surface area contributed by atoms with E-state index in [1.165, 1.54) is 5.56 Å². The van der Waals surface area contributed by atoms with E-state index in [2.05, 4.69) is 31.3 Å². The van der Waals surface area contributed by atoms with Gasteiger partial charge in [-0.2, -0.15) is 0 Å². The van der Waals surface area contributed by atoms with Crippen molar-refractivity contribution >= 4 is 11.6 Å². The Balaban J connectivity index is 2.04. The third-order valence-electron chi connectivity index (χ3n) is 4.78. The zero-order valence-electron chi connectivity index (χ0n) is 12.6. The predicted molar refractivity (Wildman–Crippen MR) is 83.7 cm³/mol. The lowest BCUT2D eigenvalue weighted by Gasteiger charge is -2.25. The highest BCUT2D eigenvalue weighted by Gasteiger charge is 2.39. The van der Waals surface area contributed by atoms with Gasteiger partial charge in [0.05, 0.1) is 5.41 Å². The fraction of sp³-hybridized carbons (Fsp3) is 0.588. The number of hydrogen-bond acceptors (Lipinski definition) is 2. The molecular weight excluding hydrogens is 248 g/mol. The first-order valence-corrected chi connectivity index (χ1v) is 7.73. The van der Waals surface area contributed by atoms with Crippen LogP contribution in [-0.4, -0.2) is 12.5 Å². The molecule has 2 rings (SSSR count). The maximum atomic E-state index is 12.5. The van der Waals surface area contributed by atoms with Crippen molar-refractivity contribution < 1.29 is 4.79 Å². The summed E-state index contributed by atoms with van der Waals surface area (Å²) in [6.45, 7) is 4.85. The molecule has 1 amide bonds. The first-order chi connectivity index (χ1) is 9.61. The molecule has 1 saturated carbocycles. The second kappa shape index (κ2) is 6.40. The summed E-state index contributed by atoms with van der Waals surface area (Å²) in [6, 6.07) is 8.21. The summed E-state index contributed by atoms with van der Waals surface area (Å²) < 4.78 is 0. The molecule has 1 aromatic rings. The van der Waals surface area contributed by atoms with Crippen LogP contribution in [0.1, 0.15) is 57.4 Å². The maximum Gasteiger partial charge on any atom is 0.231 e. The van der Waals surface area contributed by atoms with Crippen molar-refractivity contribution in [2.24, 2.45) is 11.1 Å². The van der Waals surface area contributed by atoms with E-state index in [0.29, 0.717) is 12.5 Å². The van der Waals surface area contributed by atoms with Gasteiger partial charge in [0.15, 0.2) is 0 Å². The molecule has 1 fully saturated rings. The second-order valence-corrected chi connectivity index (χ2v) is 6.08. The van der Waals surface area contributed by atoms with E-state index < -0.39 is 0 Å². The van der Waals surface area contributed by atoms with Gasteiger partial charge in [0.1, 0.15) is 0 Å². The second-order valence-electron chi connectivity index (χ2n) is 6.08. The fourth-order valence-electron chi connectivity index (χ4n) is 2.97. The molecule has 0 radical (unpaired) electrons. The van der Waals surface area contributed by atoms with Gasteiger partial charge in [-0.1, -0.05) is 38.8 Å². The number of amides is 1. The molecule has 3 heteroatoms. The number of hydrogen-bond donors (Lipinski definition) is 2. The maximum absolute atomic E-state index is 12.5. The van der Waals surface area contributed by atoms with E-state index in [0.717, 1.165) is 37.8 Å². The van der Waals surface area contributed by atoms with Crippen molar-refractivity contribution in [3.63, 3.8) is 0 Å². The molecule has 1 atom stereocenters. The Bertz CT molecular complexity index is 447. The van der Waals surface area contributed by atoms with Gasteiger partial charge in [-0.05, 0) is 42.9 Å². The minimum Gasteiger partial charge on any atom is -0.329 e. The third kappa shape index (κ3) is 3.04. The van der Waals surface area contributed by atoms with Crippen LogP contribution in [0.2, 0.25) is 0 Å². The van der Waals surface area contributed by atoms with E-state index >= 15 is 0 Å². The Morgan fingerprint density at radius 1 is 1.30 bits per heavy atom. The Kier molecular flexibility index (Phi) is 4.81. The van der Waals surface area contributed by atoms with Crippen molar-refractivity contribution in [3.05, 3.63) is 29.8 Å². The molecule has 110 valence electrons. The average molecular weight is 274 g/mol. The SMILES string of the molecule is CCC(C)c1ccc(NC(=O)C2(CN)CCCC2)cc1. The van der Waals surface area contributed by atoms with Gasteiger partial charge in [-0.15, -0.1) is 0 Å². The van der Waals surface area contributed by atoms with Crippen LogP contribution < -0.4 is 11.1 Å².